The van der Waals surface area contributed by atoms with Crippen molar-refractivity contribution in [2.24, 2.45) is 0 Å². The number of hydrogen-bond acceptors (Lipinski definition) is 3. The third-order valence-electron chi connectivity index (χ3n) is 4.51. The number of rotatable bonds is 2. The standard InChI is InChI=1S/C19H18ClN3O/c20-14-8-9-16-15(11-14)19(24)22-18(21-16)12-23-10-4-3-6-13-5-1-2-7-17(13)23/h1-2,5,7-9,11H,3-4,6,10,12H2,(H,21,22,24). The number of benzene rings is 2. The lowest BCUT2D eigenvalue weighted by atomic mass is 10.1. The van der Waals surface area contributed by atoms with Gasteiger partial charge in [0, 0.05) is 17.3 Å². The Morgan fingerprint density at radius 3 is 2.96 bits per heavy atom. The maximum atomic E-state index is 12.3. The molecule has 0 aliphatic carbocycles. The van der Waals surface area contributed by atoms with Crippen LogP contribution in [-0.4, -0.2) is 16.5 Å². The van der Waals surface area contributed by atoms with Crippen molar-refractivity contribution in [2.45, 2.75) is 25.8 Å². The average Bonchev–Trinajstić information content (AvgIpc) is 2.78. The van der Waals surface area contributed by atoms with E-state index in [0.717, 1.165) is 19.4 Å². The number of hydrogen-bond donors (Lipinski definition) is 1. The van der Waals surface area contributed by atoms with Crippen LogP contribution in [0.1, 0.15) is 24.2 Å². The van der Waals surface area contributed by atoms with Crippen LogP contribution in [0, 0.1) is 0 Å². The Morgan fingerprint density at radius 2 is 2.04 bits per heavy atom. The third-order valence-corrected chi connectivity index (χ3v) is 4.75. The number of aromatic nitrogens is 2. The van der Waals surface area contributed by atoms with E-state index in [1.165, 1.54) is 17.7 Å². The first-order chi connectivity index (χ1) is 11.7. The van der Waals surface area contributed by atoms with Crippen molar-refractivity contribution in [1.82, 2.24) is 9.97 Å². The van der Waals surface area contributed by atoms with Crippen LogP contribution in [0.25, 0.3) is 10.9 Å². The topological polar surface area (TPSA) is 49.0 Å². The van der Waals surface area contributed by atoms with E-state index in [-0.39, 0.29) is 5.56 Å². The Morgan fingerprint density at radius 1 is 1.17 bits per heavy atom. The van der Waals surface area contributed by atoms with E-state index >= 15 is 0 Å². The van der Waals surface area contributed by atoms with Gasteiger partial charge in [0.15, 0.2) is 0 Å². The molecule has 122 valence electrons. The van der Waals surface area contributed by atoms with E-state index < -0.39 is 0 Å². The fraction of sp³-hybridized carbons (Fsp3) is 0.263. The summed E-state index contributed by atoms with van der Waals surface area (Å²) in [6, 6.07) is 13.7. The van der Waals surface area contributed by atoms with Gasteiger partial charge >= 0.3 is 0 Å². The van der Waals surface area contributed by atoms with Crippen LogP contribution >= 0.6 is 11.6 Å². The average molecular weight is 340 g/mol. The van der Waals surface area contributed by atoms with Crippen molar-refractivity contribution in [3.05, 3.63) is 69.2 Å². The zero-order valence-corrected chi connectivity index (χ0v) is 14.0. The number of nitrogens with zero attached hydrogens (tertiary/aromatic N) is 2. The van der Waals surface area contributed by atoms with E-state index in [1.807, 2.05) is 0 Å². The summed E-state index contributed by atoms with van der Waals surface area (Å²) in [6.07, 6.45) is 3.43. The van der Waals surface area contributed by atoms with Gasteiger partial charge in [-0.1, -0.05) is 29.8 Å². The molecular weight excluding hydrogens is 322 g/mol. The zero-order chi connectivity index (χ0) is 16.5. The molecule has 5 heteroatoms. The Hall–Kier alpha value is -2.33. The second kappa shape index (κ2) is 6.29. The second-order valence-corrected chi connectivity index (χ2v) is 6.62. The Kier molecular flexibility index (Phi) is 3.98. The summed E-state index contributed by atoms with van der Waals surface area (Å²) in [4.78, 5) is 22.2. The smallest absolute Gasteiger partial charge is 0.258 e. The lowest BCUT2D eigenvalue weighted by Gasteiger charge is -2.24. The summed E-state index contributed by atoms with van der Waals surface area (Å²) in [5.41, 5.74) is 3.15. The largest absolute Gasteiger partial charge is 0.364 e. The maximum absolute atomic E-state index is 12.3. The molecule has 0 amide bonds. The van der Waals surface area contributed by atoms with Crippen molar-refractivity contribution in [3.63, 3.8) is 0 Å². The molecule has 0 bridgehead atoms. The van der Waals surface area contributed by atoms with E-state index in [9.17, 15) is 4.79 Å². The number of anilines is 1. The molecule has 24 heavy (non-hydrogen) atoms. The Labute approximate surface area is 145 Å². The minimum atomic E-state index is -0.138. The van der Waals surface area contributed by atoms with E-state index in [4.69, 9.17) is 11.6 Å². The number of H-pyrrole nitrogens is 1. The van der Waals surface area contributed by atoms with Crippen molar-refractivity contribution < 1.29 is 0 Å². The van der Waals surface area contributed by atoms with E-state index in [1.54, 1.807) is 18.2 Å². The Balaban J connectivity index is 1.72. The predicted molar refractivity (Wildman–Crippen MR) is 97.8 cm³/mol. The first-order valence-corrected chi connectivity index (χ1v) is 8.60. The van der Waals surface area contributed by atoms with Crippen LogP contribution in [0.4, 0.5) is 5.69 Å². The number of nitrogens with one attached hydrogen (secondary N) is 1. The molecule has 2 aromatic carbocycles. The molecule has 1 aliphatic rings. The van der Waals surface area contributed by atoms with Gasteiger partial charge in [0.1, 0.15) is 5.82 Å². The van der Waals surface area contributed by atoms with E-state index in [0.29, 0.717) is 28.3 Å². The monoisotopic (exact) mass is 339 g/mol. The molecule has 1 aromatic heterocycles. The molecule has 4 rings (SSSR count). The molecule has 3 aromatic rings. The van der Waals surface area contributed by atoms with Gasteiger partial charge in [-0.2, -0.15) is 0 Å². The molecule has 1 aliphatic heterocycles. The molecule has 4 nitrogen and oxygen atoms in total. The van der Waals surface area contributed by atoms with Gasteiger partial charge in [-0.3, -0.25) is 4.79 Å². The van der Waals surface area contributed by atoms with Crippen LogP contribution in [0.2, 0.25) is 5.02 Å². The fourth-order valence-electron chi connectivity index (χ4n) is 3.35. The zero-order valence-electron chi connectivity index (χ0n) is 13.3. The van der Waals surface area contributed by atoms with Crippen LogP contribution in [-0.2, 0) is 13.0 Å². The summed E-state index contributed by atoms with van der Waals surface area (Å²) in [5.74, 6) is 0.687. The minimum absolute atomic E-state index is 0.138. The van der Waals surface area contributed by atoms with Crippen LogP contribution in [0.5, 0.6) is 0 Å². The van der Waals surface area contributed by atoms with Gasteiger partial charge in [0.05, 0.1) is 17.4 Å². The highest BCUT2D eigenvalue weighted by Crippen LogP contribution is 2.27. The van der Waals surface area contributed by atoms with Crippen LogP contribution in [0.15, 0.2) is 47.3 Å². The minimum Gasteiger partial charge on any atom is -0.364 e. The predicted octanol–water partition coefficient (Wildman–Crippen LogP) is 3.92. The van der Waals surface area contributed by atoms with Crippen LogP contribution in [0.3, 0.4) is 0 Å². The first kappa shape index (κ1) is 15.2. The molecule has 1 N–H and O–H groups in total. The first-order valence-electron chi connectivity index (χ1n) is 8.22. The highest BCUT2D eigenvalue weighted by atomic mass is 35.5. The van der Waals surface area contributed by atoms with Gasteiger partial charge in [0.2, 0.25) is 0 Å². The lowest BCUT2D eigenvalue weighted by Crippen LogP contribution is -2.26. The van der Waals surface area contributed by atoms with Gasteiger partial charge in [-0.25, -0.2) is 4.98 Å². The van der Waals surface area contributed by atoms with Gasteiger partial charge in [-0.05, 0) is 49.1 Å². The molecule has 0 unspecified atom stereocenters. The molecule has 2 heterocycles. The SMILES string of the molecule is O=c1[nH]c(CN2CCCCc3ccccc32)nc2ccc(Cl)cc12. The molecule has 0 saturated heterocycles. The lowest BCUT2D eigenvalue weighted by molar-refractivity contribution is 0.699. The summed E-state index contributed by atoms with van der Waals surface area (Å²) >= 11 is 5.97. The summed E-state index contributed by atoms with van der Waals surface area (Å²) < 4.78 is 0. The summed E-state index contributed by atoms with van der Waals surface area (Å²) in [6.45, 7) is 1.57. The molecule has 0 saturated carbocycles. The second-order valence-electron chi connectivity index (χ2n) is 6.18. The van der Waals surface area contributed by atoms with E-state index in [2.05, 4.69) is 39.1 Å². The molecule has 0 atom stereocenters. The summed E-state index contributed by atoms with van der Waals surface area (Å²) in [5, 5.41) is 1.08. The summed E-state index contributed by atoms with van der Waals surface area (Å²) in [7, 11) is 0. The fourth-order valence-corrected chi connectivity index (χ4v) is 3.52. The normalized spacial score (nSPS) is 14.5. The molecule has 0 radical (unpaired) electrons. The molecular formula is C19H18ClN3O. The number of para-hydroxylation sites is 1. The highest BCUT2D eigenvalue weighted by Gasteiger charge is 2.16. The quantitative estimate of drug-likeness (QED) is 0.769. The number of halogens is 1. The van der Waals surface area contributed by atoms with Crippen molar-refractivity contribution >= 4 is 28.2 Å². The number of aryl methyl sites for hydroxylation is 1. The van der Waals surface area contributed by atoms with Crippen molar-refractivity contribution in [3.8, 4) is 0 Å². The number of aromatic amines is 1. The molecule has 0 spiro atoms. The van der Waals surface area contributed by atoms with Gasteiger partial charge in [0.25, 0.3) is 5.56 Å². The third kappa shape index (κ3) is 2.89. The molecule has 0 fully saturated rings. The van der Waals surface area contributed by atoms with Gasteiger partial charge < -0.3 is 9.88 Å². The number of fused-ring (bicyclic) bond motifs is 2. The Bertz CT molecular complexity index is 951. The maximum Gasteiger partial charge on any atom is 0.258 e. The van der Waals surface area contributed by atoms with Crippen molar-refractivity contribution in [1.29, 1.82) is 0 Å². The van der Waals surface area contributed by atoms with Crippen molar-refractivity contribution in [2.75, 3.05) is 11.4 Å². The highest BCUT2D eigenvalue weighted by molar-refractivity contribution is 6.31. The van der Waals surface area contributed by atoms with Gasteiger partial charge in [-0.15, -0.1) is 0 Å². The van der Waals surface area contributed by atoms with Crippen LogP contribution < -0.4 is 10.5 Å².